The van der Waals surface area contributed by atoms with Crippen molar-refractivity contribution in [2.45, 2.75) is 19.4 Å². The third kappa shape index (κ3) is 3.09. The van der Waals surface area contributed by atoms with Crippen LogP contribution in [0.5, 0.6) is 0 Å². The van der Waals surface area contributed by atoms with Gasteiger partial charge in [0.05, 0.1) is 0 Å². The summed E-state index contributed by atoms with van der Waals surface area (Å²) in [5.41, 5.74) is 0.631. The van der Waals surface area contributed by atoms with Crippen LogP contribution in [0.2, 0.25) is 0 Å². The molecule has 0 aromatic heterocycles. The lowest BCUT2D eigenvalue weighted by atomic mass is 10.1. The summed E-state index contributed by atoms with van der Waals surface area (Å²) < 4.78 is 0. The lowest BCUT2D eigenvalue weighted by Crippen LogP contribution is -2.36. The first kappa shape index (κ1) is 11.2. The maximum Gasteiger partial charge on any atom is 0.333 e. The van der Waals surface area contributed by atoms with Gasteiger partial charge in [0, 0.05) is 12.1 Å². The first-order valence-corrected chi connectivity index (χ1v) is 4.72. The first-order valence-electron chi connectivity index (χ1n) is 4.72. The Morgan fingerprint density at radius 2 is 1.93 bits per heavy atom. The number of para-hydroxylation sites is 1. The maximum absolute atomic E-state index is 11.3. The molecule has 4 heteroatoms. The molecule has 0 aliphatic carbocycles. The molecule has 0 aliphatic heterocycles. The van der Waals surface area contributed by atoms with Crippen LogP contribution in [0.4, 0.5) is 5.69 Å². The summed E-state index contributed by atoms with van der Waals surface area (Å²) in [6.45, 7) is 1.64. The molecule has 0 bridgehead atoms. The van der Waals surface area contributed by atoms with E-state index in [2.05, 4.69) is 5.32 Å². The third-order valence-corrected chi connectivity index (χ3v) is 2.00. The number of aliphatic carboxylic acids is 1. The van der Waals surface area contributed by atoms with E-state index in [0.717, 1.165) is 0 Å². The zero-order chi connectivity index (χ0) is 11.3. The van der Waals surface area contributed by atoms with Gasteiger partial charge in [-0.3, -0.25) is 4.79 Å². The van der Waals surface area contributed by atoms with Crippen LogP contribution in [-0.4, -0.2) is 22.9 Å². The molecule has 1 atom stereocenters. The van der Waals surface area contributed by atoms with Gasteiger partial charge in [-0.25, -0.2) is 4.79 Å². The predicted molar refractivity (Wildman–Crippen MR) is 56.8 cm³/mol. The standard InChI is InChI=1S/C11H13NO3/c1-2-9(13)10(11(14)15)12-8-6-4-3-5-7-8/h3-7,10,12H,2H2,1H3,(H,14,15)/t10-/m1/s1. The second kappa shape index (κ2) is 5.14. The molecule has 0 spiro atoms. The topological polar surface area (TPSA) is 66.4 Å². The Bertz CT molecular complexity index is 348. The van der Waals surface area contributed by atoms with Crippen LogP contribution in [0.1, 0.15) is 13.3 Å². The van der Waals surface area contributed by atoms with Gasteiger partial charge in [-0.15, -0.1) is 0 Å². The molecule has 80 valence electrons. The summed E-state index contributed by atoms with van der Waals surface area (Å²) in [6, 6.07) is 7.66. The van der Waals surface area contributed by atoms with Gasteiger partial charge in [0.15, 0.2) is 11.8 Å². The van der Waals surface area contributed by atoms with Crippen molar-refractivity contribution in [3.05, 3.63) is 30.3 Å². The predicted octanol–water partition coefficient (Wildman–Crippen LogP) is 1.53. The molecule has 0 saturated heterocycles. The van der Waals surface area contributed by atoms with Crippen LogP contribution < -0.4 is 5.32 Å². The zero-order valence-corrected chi connectivity index (χ0v) is 8.43. The van der Waals surface area contributed by atoms with Crippen LogP contribution >= 0.6 is 0 Å². The Kier molecular flexibility index (Phi) is 3.85. The van der Waals surface area contributed by atoms with Gasteiger partial charge < -0.3 is 10.4 Å². The fourth-order valence-electron chi connectivity index (χ4n) is 1.19. The van der Waals surface area contributed by atoms with E-state index in [-0.39, 0.29) is 12.2 Å². The molecule has 15 heavy (non-hydrogen) atoms. The van der Waals surface area contributed by atoms with Gasteiger partial charge in [0.25, 0.3) is 0 Å². The summed E-state index contributed by atoms with van der Waals surface area (Å²) in [5.74, 6) is -1.47. The highest BCUT2D eigenvalue weighted by atomic mass is 16.4. The fourth-order valence-corrected chi connectivity index (χ4v) is 1.19. The molecule has 0 amide bonds. The Morgan fingerprint density at radius 1 is 1.33 bits per heavy atom. The minimum Gasteiger partial charge on any atom is -0.479 e. The van der Waals surface area contributed by atoms with Crippen LogP contribution in [0.25, 0.3) is 0 Å². The lowest BCUT2D eigenvalue weighted by molar-refractivity contribution is -0.141. The average molecular weight is 207 g/mol. The lowest BCUT2D eigenvalue weighted by Gasteiger charge is -2.13. The molecule has 0 fully saturated rings. The van der Waals surface area contributed by atoms with Crippen molar-refractivity contribution < 1.29 is 14.7 Å². The smallest absolute Gasteiger partial charge is 0.333 e. The molecular weight excluding hydrogens is 194 g/mol. The Balaban J connectivity index is 2.76. The largest absolute Gasteiger partial charge is 0.479 e. The Hall–Kier alpha value is -1.84. The van der Waals surface area contributed by atoms with E-state index in [1.165, 1.54) is 0 Å². The van der Waals surface area contributed by atoms with Gasteiger partial charge in [-0.1, -0.05) is 25.1 Å². The van der Waals surface area contributed by atoms with Crippen molar-refractivity contribution in [2.75, 3.05) is 5.32 Å². The van der Waals surface area contributed by atoms with Crippen molar-refractivity contribution in [1.29, 1.82) is 0 Å². The molecule has 0 unspecified atom stereocenters. The van der Waals surface area contributed by atoms with Gasteiger partial charge >= 0.3 is 5.97 Å². The summed E-state index contributed by atoms with van der Waals surface area (Å²) >= 11 is 0. The Labute approximate surface area is 87.9 Å². The van der Waals surface area contributed by atoms with Gasteiger partial charge in [-0.05, 0) is 12.1 Å². The number of hydrogen-bond acceptors (Lipinski definition) is 3. The maximum atomic E-state index is 11.3. The molecule has 2 N–H and O–H groups in total. The highest BCUT2D eigenvalue weighted by Crippen LogP contribution is 2.08. The number of carboxylic acids is 1. The zero-order valence-electron chi connectivity index (χ0n) is 8.43. The van der Waals surface area contributed by atoms with E-state index < -0.39 is 12.0 Å². The molecule has 1 aromatic rings. The van der Waals surface area contributed by atoms with E-state index in [4.69, 9.17) is 5.11 Å². The monoisotopic (exact) mass is 207 g/mol. The minimum absolute atomic E-state index is 0.205. The SMILES string of the molecule is CCC(=O)[C@@H](Nc1ccccc1)C(=O)O. The van der Waals surface area contributed by atoms with Gasteiger partial charge in [-0.2, -0.15) is 0 Å². The molecular formula is C11H13NO3. The van der Waals surface area contributed by atoms with E-state index >= 15 is 0 Å². The van der Waals surface area contributed by atoms with E-state index in [9.17, 15) is 9.59 Å². The molecule has 0 aliphatic rings. The van der Waals surface area contributed by atoms with Crippen molar-refractivity contribution in [3.63, 3.8) is 0 Å². The van der Waals surface area contributed by atoms with Crippen molar-refractivity contribution >= 4 is 17.4 Å². The normalized spacial score (nSPS) is 11.8. The van der Waals surface area contributed by atoms with Crippen LogP contribution in [0, 0.1) is 0 Å². The van der Waals surface area contributed by atoms with E-state index in [1.54, 1.807) is 31.2 Å². The molecule has 4 nitrogen and oxygen atoms in total. The number of anilines is 1. The first-order chi connectivity index (χ1) is 7.15. The van der Waals surface area contributed by atoms with Gasteiger partial charge in [0.2, 0.25) is 0 Å². The van der Waals surface area contributed by atoms with E-state index in [0.29, 0.717) is 5.69 Å². The number of Topliss-reactive ketones (excluding diaryl/α,β-unsaturated/α-hetero) is 1. The number of carbonyl (C=O) groups excluding carboxylic acids is 1. The third-order valence-electron chi connectivity index (χ3n) is 2.00. The highest BCUT2D eigenvalue weighted by molar-refractivity contribution is 6.04. The fraction of sp³-hybridized carbons (Fsp3) is 0.273. The number of hydrogen-bond donors (Lipinski definition) is 2. The summed E-state index contributed by atoms with van der Waals surface area (Å²) in [4.78, 5) is 22.1. The number of carbonyl (C=O) groups is 2. The molecule has 0 heterocycles. The highest BCUT2D eigenvalue weighted by Gasteiger charge is 2.23. The van der Waals surface area contributed by atoms with Crippen molar-refractivity contribution in [3.8, 4) is 0 Å². The molecule has 0 saturated carbocycles. The number of carboxylic acid groups (broad SMARTS) is 1. The van der Waals surface area contributed by atoms with E-state index in [1.807, 2.05) is 6.07 Å². The second-order valence-electron chi connectivity index (χ2n) is 3.10. The van der Waals surface area contributed by atoms with Crippen LogP contribution in [0.3, 0.4) is 0 Å². The van der Waals surface area contributed by atoms with Gasteiger partial charge in [0.1, 0.15) is 0 Å². The number of benzene rings is 1. The van der Waals surface area contributed by atoms with Crippen LogP contribution in [-0.2, 0) is 9.59 Å². The quantitative estimate of drug-likeness (QED) is 0.718. The average Bonchev–Trinajstić information content (AvgIpc) is 2.26. The molecule has 1 rings (SSSR count). The molecule has 0 radical (unpaired) electrons. The number of nitrogens with one attached hydrogen (secondary N) is 1. The second-order valence-corrected chi connectivity index (χ2v) is 3.10. The van der Waals surface area contributed by atoms with Crippen molar-refractivity contribution in [2.24, 2.45) is 0 Å². The number of ketones is 1. The Morgan fingerprint density at radius 3 is 2.40 bits per heavy atom. The van der Waals surface area contributed by atoms with Crippen LogP contribution in [0.15, 0.2) is 30.3 Å². The number of rotatable bonds is 5. The molecule has 1 aromatic carbocycles. The minimum atomic E-state index is -1.16. The summed E-state index contributed by atoms with van der Waals surface area (Å²) in [7, 11) is 0. The summed E-state index contributed by atoms with van der Waals surface area (Å²) in [5, 5.41) is 11.5. The van der Waals surface area contributed by atoms with Crippen molar-refractivity contribution in [1.82, 2.24) is 0 Å². The summed E-state index contributed by atoms with van der Waals surface area (Å²) in [6.07, 6.45) is 0.205.